The van der Waals surface area contributed by atoms with Crippen molar-refractivity contribution >= 4 is 6.09 Å². The number of aryl methyl sites for hydroxylation is 1. The van der Waals surface area contributed by atoms with Crippen LogP contribution in [0.3, 0.4) is 0 Å². The highest BCUT2D eigenvalue weighted by molar-refractivity contribution is 5.67. The van der Waals surface area contributed by atoms with E-state index in [2.05, 4.69) is 15.5 Å². The van der Waals surface area contributed by atoms with Crippen molar-refractivity contribution in [1.82, 2.24) is 15.5 Å². The molecule has 1 atom stereocenters. The number of carbonyl (C=O) groups excluding carboxylic acids is 1. The molecule has 1 amide bonds. The Balaban J connectivity index is 1.66. The monoisotopic (exact) mass is 401 g/mol. The molecule has 1 aliphatic carbocycles. The molecule has 7 nitrogen and oxygen atoms in total. The zero-order valence-electron chi connectivity index (χ0n) is 17.7. The molecule has 0 saturated heterocycles. The minimum Gasteiger partial charge on any atom is -0.493 e. The van der Waals surface area contributed by atoms with Crippen molar-refractivity contribution in [2.24, 2.45) is 5.92 Å². The lowest BCUT2D eigenvalue weighted by molar-refractivity contribution is 0.0525. The maximum absolute atomic E-state index is 12.1. The molecular formula is C22H31N3O4. The van der Waals surface area contributed by atoms with E-state index in [9.17, 15) is 4.79 Å². The van der Waals surface area contributed by atoms with Gasteiger partial charge in [-0.25, -0.2) is 4.79 Å². The van der Waals surface area contributed by atoms with E-state index in [1.165, 1.54) is 25.7 Å². The van der Waals surface area contributed by atoms with Crippen LogP contribution in [0.2, 0.25) is 0 Å². The molecule has 0 spiro atoms. The average molecular weight is 402 g/mol. The predicted molar refractivity (Wildman–Crippen MR) is 109 cm³/mol. The Labute approximate surface area is 172 Å². The molecule has 158 valence electrons. The molecule has 3 rings (SSSR count). The van der Waals surface area contributed by atoms with E-state index >= 15 is 0 Å². The average Bonchev–Trinajstić information content (AvgIpc) is 3.31. The van der Waals surface area contributed by atoms with Crippen molar-refractivity contribution < 1.29 is 18.8 Å². The summed E-state index contributed by atoms with van der Waals surface area (Å²) in [5.41, 5.74) is 0.400. The maximum Gasteiger partial charge on any atom is 0.407 e. The molecule has 7 heteroatoms. The molecule has 0 aliphatic heterocycles. The summed E-state index contributed by atoms with van der Waals surface area (Å²) in [4.78, 5) is 16.4. The number of rotatable bonds is 7. The third-order valence-electron chi connectivity index (χ3n) is 4.93. The third kappa shape index (κ3) is 6.48. The molecule has 1 aromatic carbocycles. The normalized spacial score (nSPS) is 15.9. The van der Waals surface area contributed by atoms with E-state index in [1.54, 1.807) is 6.92 Å². The summed E-state index contributed by atoms with van der Waals surface area (Å²) in [6.07, 6.45) is 4.65. The quantitative estimate of drug-likeness (QED) is 0.729. The Kier molecular flexibility index (Phi) is 6.77. The van der Waals surface area contributed by atoms with Gasteiger partial charge in [-0.2, -0.15) is 4.98 Å². The molecular weight excluding hydrogens is 370 g/mol. The highest BCUT2D eigenvalue weighted by atomic mass is 16.6. The van der Waals surface area contributed by atoms with Gasteiger partial charge in [-0.1, -0.05) is 30.1 Å². The van der Waals surface area contributed by atoms with Crippen LogP contribution in [0.1, 0.15) is 69.7 Å². The minimum atomic E-state index is -0.557. The fourth-order valence-electron chi connectivity index (χ4n) is 3.49. The van der Waals surface area contributed by atoms with Crippen LogP contribution in [0.4, 0.5) is 4.79 Å². The van der Waals surface area contributed by atoms with Gasteiger partial charge in [-0.3, -0.25) is 0 Å². The number of amides is 1. The van der Waals surface area contributed by atoms with Gasteiger partial charge in [0.15, 0.2) is 5.82 Å². The minimum absolute atomic E-state index is 0.271. The number of alkyl carbamates (subject to hydrolysis) is 1. The largest absolute Gasteiger partial charge is 0.493 e. The smallest absolute Gasteiger partial charge is 0.407 e. The Morgan fingerprint density at radius 3 is 2.52 bits per heavy atom. The standard InChI is InChI=1S/C22H31N3O4/c1-15-24-20(29-25-15)19(13-23-21(26)28-22(2,3)4)17-9-11-18(12-10-17)27-14-16-7-5-6-8-16/h9-12,16,19H,5-8,13-14H2,1-4H3,(H,23,26). The zero-order chi connectivity index (χ0) is 20.9. The number of benzene rings is 1. The molecule has 1 saturated carbocycles. The van der Waals surface area contributed by atoms with Gasteiger partial charge < -0.3 is 19.3 Å². The van der Waals surface area contributed by atoms with Gasteiger partial charge in [-0.15, -0.1) is 0 Å². The van der Waals surface area contributed by atoms with Crippen LogP contribution in [0.5, 0.6) is 5.75 Å². The third-order valence-corrected chi connectivity index (χ3v) is 4.93. The second kappa shape index (κ2) is 9.29. The summed E-state index contributed by atoms with van der Waals surface area (Å²) in [5, 5.41) is 6.69. The van der Waals surface area contributed by atoms with Crippen LogP contribution >= 0.6 is 0 Å². The summed E-state index contributed by atoms with van der Waals surface area (Å²) < 4.78 is 16.6. The van der Waals surface area contributed by atoms with Gasteiger partial charge in [-0.05, 0) is 64.2 Å². The summed E-state index contributed by atoms with van der Waals surface area (Å²) >= 11 is 0. The second-order valence-corrected chi connectivity index (χ2v) is 8.65. The lowest BCUT2D eigenvalue weighted by Crippen LogP contribution is -2.35. The highest BCUT2D eigenvalue weighted by Gasteiger charge is 2.23. The number of nitrogens with zero attached hydrogens (tertiary/aromatic N) is 2. The SMILES string of the molecule is Cc1noc(C(CNC(=O)OC(C)(C)C)c2ccc(OCC3CCCC3)cc2)n1. The van der Waals surface area contributed by atoms with Gasteiger partial charge in [0.2, 0.25) is 5.89 Å². The molecule has 0 bridgehead atoms. The van der Waals surface area contributed by atoms with E-state index in [1.807, 2.05) is 45.0 Å². The van der Waals surface area contributed by atoms with Crippen molar-refractivity contribution in [3.8, 4) is 5.75 Å². The molecule has 2 aromatic rings. The summed E-state index contributed by atoms with van der Waals surface area (Å²) in [5.74, 6) is 2.26. The lowest BCUT2D eigenvalue weighted by atomic mass is 9.99. The van der Waals surface area contributed by atoms with Gasteiger partial charge in [0.1, 0.15) is 11.4 Å². The number of aromatic nitrogens is 2. The van der Waals surface area contributed by atoms with Crippen molar-refractivity contribution in [1.29, 1.82) is 0 Å². The molecule has 1 heterocycles. The van der Waals surface area contributed by atoms with Crippen LogP contribution < -0.4 is 10.1 Å². The Hall–Kier alpha value is -2.57. The van der Waals surface area contributed by atoms with Gasteiger partial charge in [0, 0.05) is 6.54 Å². The maximum atomic E-state index is 12.1. The van der Waals surface area contributed by atoms with Gasteiger partial charge in [0.25, 0.3) is 0 Å². The molecule has 1 fully saturated rings. The van der Waals surface area contributed by atoms with Crippen molar-refractivity contribution in [2.75, 3.05) is 13.2 Å². The van der Waals surface area contributed by atoms with Crippen LogP contribution in [0, 0.1) is 12.8 Å². The first-order chi connectivity index (χ1) is 13.8. The van der Waals surface area contributed by atoms with E-state index in [0.29, 0.717) is 24.2 Å². The Morgan fingerprint density at radius 2 is 1.93 bits per heavy atom. The van der Waals surface area contributed by atoms with Gasteiger partial charge in [0.05, 0.1) is 12.5 Å². The van der Waals surface area contributed by atoms with Crippen LogP contribution in [0.15, 0.2) is 28.8 Å². The number of nitrogens with one attached hydrogen (secondary N) is 1. The van der Waals surface area contributed by atoms with Crippen molar-refractivity contribution in [2.45, 2.75) is 64.9 Å². The van der Waals surface area contributed by atoms with E-state index in [-0.39, 0.29) is 5.92 Å². The Bertz CT molecular complexity index is 789. The molecule has 1 aromatic heterocycles. The number of ether oxygens (including phenoxy) is 2. The number of hydrogen-bond donors (Lipinski definition) is 1. The molecule has 0 radical (unpaired) electrons. The first-order valence-electron chi connectivity index (χ1n) is 10.3. The highest BCUT2D eigenvalue weighted by Crippen LogP contribution is 2.28. The van der Waals surface area contributed by atoms with E-state index in [4.69, 9.17) is 14.0 Å². The molecule has 29 heavy (non-hydrogen) atoms. The fourth-order valence-corrected chi connectivity index (χ4v) is 3.49. The first-order valence-corrected chi connectivity index (χ1v) is 10.3. The summed E-state index contributed by atoms with van der Waals surface area (Å²) in [7, 11) is 0. The zero-order valence-corrected chi connectivity index (χ0v) is 17.7. The first kappa shape index (κ1) is 21.1. The van der Waals surface area contributed by atoms with E-state index in [0.717, 1.165) is 17.9 Å². The Morgan fingerprint density at radius 1 is 1.24 bits per heavy atom. The summed E-state index contributed by atoms with van der Waals surface area (Å²) in [6.45, 7) is 8.32. The van der Waals surface area contributed by atoms with Crippen molar-refractivity contribution in [3.63, 3.8) is 0 Å². The van der Waals surface area contributed by atoms with Crippen LogP contribution in [-0.4, -0.2) is 35.0 Å². The van der Waals surface area contributed by atoms with Crippen molar-refractivity contribution in [3.05, 3.63) is 41.5 Å². The van der Waals surface area contributed by atoms with Crippen LogP contribution in [-0.2, 0) is 4.74 Å². The molecule has 1 N–H and O–H groups in total. The van der Waals surface area contributed by atoms with Gasteiger partial charge >= 0.3 is 6.09 Å². The second-order valence-electron chi connectivity index (χ2n) is 8.65. The number of carbonyl (C=O) groups is 1. The van der Waals surface area contributed by atoms with Crippen LogP contribution in [0.25, 0.3) is 0 Å². The summed E-state index contributed by atoms with van der Waals surface area (Å²) in [6, 6.07) is 7.86. The number of hydrogen-bond acceptors (Lipinski definition) is 6. The predicted octanol–water partition coefficient (Wildman–Crippen LogP) is 4.60. The van der Waals surface area contributed by atoms with E-state index < -0.39 is 11.7 Å². The molecule has 1 aliphatic rings. The topological polar surface area (TPSA) is 86.5 Å². The molecule has 1 unspecified atom stereocenters. The lowest BCUT2D eigenvalue weighted by Gasteiger charge is -2.21. The fraction of sp³-hybridized carbons (Fsp3) is 0.591.